The van der Waals surface area contributed by atoms with Gasteiger partial charge in [0.25, 0.3) is 0 Å². The molecule has 0 spiro atoms. The lowest BCUT2D eigenvalue weighted by molar-refractivity contribution is 0.117. The zero-order valence-corrected chi connectivity index (χ0v) is 11.6. The van der Waals surface area contributed by atoms with Crippen LogP contribution in [0, 0.1) is 11.8 Å². The highest BCUT2D eigenvalue weighted by Crippen LogP contribution is 2.38. The summed E-state index contributed by atoms with van der Waals surface area (Å²) in [7, 11) is 0. The molecule has 0 aromatic rings. The molecule has 0 heterocycles. The zero-order chi connectivity index (χ0) is 12.8. The van der Waals surface area contributed by atoms with E-state index in [2.05, 4.69) is 5.32 Å². The highest BCUT2D eigenvalue weighted by atomic mass is 16.5. The molecular formula is C15H27NO2. The summed E-state index contributed by atoms with van der Waals surface area (Å²) in [5.74, 6) is 1.54. The van der Waals surface area contributed by atoms with Crippen molar-refractivity contribution in [1.29, 1.82) is 0 Å². The second kappa shape index (κ2) is 7.01. The lowest BCUT2D eigenvalue weighted by Crippen LogP contribution is -2.45. The molecule has 18 heavy (non-hydrogen) atoms. The maximum atomic E-state index is 11.6. The number of alkyl carbamates (subject to hydrolysis) is 1. The standard InChI is InChI=1S/C15H27NO2/c1-2-18-15(17)16-14-11-7-6-10-13(14)12-8-4-3-5-9-12/h12-14H,2-11H2,1H3,(H,16,17). The summed E-state index contributed by atoms with van der Waals surface area (Å²) in [6.45, 7) is 2.33. The van der Waals surface area contributed by atoms with Crippen LogP contribution in [0.3, 0.4) is 0 Å². The monoisotopic (exact) mass is 253 g/mol. The minimum Gasteiger partial charge on any atom is -0.450 e. The number of rotatable bonds is 3. The Morgan fingerprint density at radius 2 is 1.72 bits per heavy atom. The van der Waals surface area contributed by atoms with E-state index < -0.39 is 0 Å². The van der Waals surface area contributed by atoms with Crippen LogP contribution in [0.5, 0.6) is 0 Å². The first-order valence-electron chi connectivity index (χ1n) is 7.74. The normalized spacial score (nSPS) is 29.8. The van der Waals surface area contributed by atoms with Gasteiger partial charge in [-0.15, -0.1) is 0 Å². The van der Waals surface area contributed by atoms with E-state index in [0.717, 1.165) is 12.3 Å². The number of carbonyl (C=O) groups is 1. The van der Waals surface area contributed by atoms with E-state index in [0.29, 0.717) is 18.6 Å². The van der Waals surface area contributed by atoms with Gasteiger partial charge in [0.2, 0.25) is 0 Å². The van der Waals surface area contributed by atoms with Crippen molar-refractivity contribution in [2.45, 2.75) is 70.8 Å². The van der Waals surface area contributed by atoms with Crippen molar-refractivity contribution in [3.05, 3.63) is 0 Å². The van der Waals surface area contributed by atoms with E-state index in [1.54, 1.807) is 0 Å². The van der Waals surface area contributed by atoms with Gasteiger partial charge in [-0.3, -0.25) is 0 Å². The van der Waals surface area contributed by atoms with Crippen LogP contribution in [-0.4, -0.2) is 18.7 Å². The predicted octanol–water partition coefficient (Wildman–Crippen LogP) is 3.87. The lowest BCUT2D eigenvalue weighted by atomic mass is 9.71. The molecule has 2 atom stereocenters. The van der Waals surface area contributed by atoms with Crippen LogP contribution in [0.25, 0.3) is 0 Å². The Morgan fingerprint density at radius 3 is 2.44 bits per heavy atom. The van der Waals surface area contributed by atoms with Crippen molar-refractivity contribution in [2.75, 3.05) is 6.61 Å². The summed E-state index contributed by atoms with van der Waals surface area (Å²) in [6, 6.07) is 0.362. The molecule has 3 heteroatoms. The Kier molecular flexibility index (Phi) is 5.33. The van der Waals surface area contributed by atoms with Gasteiger partial charge in [-0.1, -0.05) is 44.9 Å². The Balaban J connectivity index is 1.90. The van der Waals surface area contributed by atoms with E-state index in [9.17, 15) is 4.79 Å². The molecule has 2 aliphatic rings. The lowest BCUT2D eigenvalue weighted by Gasteiger charge is -2.39. The number of nitrogens with one attached hydrogen (secondary N) is 1. The molecule has 2 saturated carbocycles. The molecule has 2 fully saturated rings. The Bertz CT molecular complexity index is 261. The quantitative estimate of drug-likeness (QED) is 0.829. The number of amides is 1. The fourth-order valence-electron chi connectivity index (χ4n) is 3.79. The van der Waals surface area contributed by atoms with E-state index >= 15 is 0 Å². The molecule has 3 nitrogen and oxygen atoms in total. The van der Waals surface area contributed by atoms with E-state index in [1.807, 2.05) is 6.92 Å². The van der Waals surface area contributed by atoms with Crippen LogP contribution in [0.1, 0.15) is 64.7 Å². The average Bonchev–Trinajstić information content (AvgIpc) is 2.40. The van der Waals surface area contributed by atoms with Crippen LogP contribution in [-0.2, 0) is 4.74 Å². The Morgan fingerprint density at radius 1 is 1.06 bits per heavy atom. The van der Waals surface area contributed by atoms with Gasteiger partial charge in [0, 0.05) is 6.04 Å². The third-order valence-corrected chi connectivity index (χ3v) is 4.65. The van der Waals surface area contributed by atoms with Gasteiger partial charge in [0.15, 0.2) is 0 Å². The molecule has 1 N–H and O–H groups in total. The van der Waals surface area contributed by atoms with Gasteiger partial charge in [-0.2, -0.15) is 0 Å². The van der Waals surface area contributed by atoms with E-state index in [1.165, 1.54) is 51.4 Å². The van der Waals surface area contributed by atoms with Crippen LogP contribution in [0.15, 0.2) is 0 Å². The number of hydrogen-bond donors (Lipinski definition) is 1. The second-order valence-corrected chi connectivity index (χ2v) is 5.82. The minimum atomic E-state index is -0.217. The van der Waals surface area contributed by atoms with Crippen LogP contribution < -0.4 is 5.32 Å². The third kappa shape index (κ3) is 3.63. The maximum Gasteiger partial charge on any atom is 0.407 e. The summed E-state index contributed by atoms with van der Waals surface area (Å²) in [4.78, 5) is 11.6. The van der Waals surface area contributed by atoms with Gasteiger partial charge < -0.3 is 10.1 Å². The zero-order valence-electron chi connectivity index (χ0n) is 11.6. The van der Waals surface area contributed by atoms with Gasteiger partial charge in [0.1, 0.15) is 0 Å². The van der Waals surface area contributed by atoms with Crippen molar-refractivity contribution < 1.29 is 9.53 Å². The molecule has 0 aromatic heterocycles. The van der Waals surface area contributed by atoms with Crippen LogP contribution in [0.4, 0.5) is 4.79 Å². The molecule has 0 aliphatic heterocycles. The molecule has 0 bridgehead atoms. The molecule has 104 valence electrons. The summed E-state index contributed by atoms with van der Waals surface area (Å²) < 4.78 is 5.03. The van der Waals surface area contributed by atoms with Gasteiger partial charge in [-0.05, 0) is 31.6 Å². The number of hydrogen-bond acceptors (Lipinski definition) is 2. The molecular weight excluding hydrogens is 226 g/mol. The molecule has 0 radical (unpaired) electrons. The summed E-state index contributed by atoms with van der Waals surface area (Å²) in [5.41, 5.74) is 0. The van der Waals surface area contributed by atoms with Gasteiger partial charge >= 0.3 is 6.09 Å². The average molecular weight is 253 g/mol. The van der Waals surface area contributed by atoms with Crippen LogP contribution in [0.2, 0.25) is 0 Å². The first-order valence-corrected chi connectivity index (χ1v) is 7.74. The predicted molar refractivity (Wildman–Crippen MR) is 72.5 cm³/mol. The number of carbonyl (C=O) groups excluding carboxylic acids is 1. The topological polar surface area (TPSA) is 38.3 Å². The largest absolute Gasteiger partial charge is 0.450 e. The van der Waals surface area contributed by atoms with Crippen LogP contribution >= 0.6 is 0 Å². The summed E-state index contributed by atoms with van der Waals surface area (Å²) in [5, 5.41) is 3.11. The van der Waals surface area contributed by atoms with Gasteiger partial charge in [0.05, 0.1) is 6.61 Å². The van der Waals surface area contributed by atoms with Gasteiger partial charge in [-0.25, -0.2) is 4.79 Å². The molecule has 2 unspecified atom stereocenters. The van der Waals surface area contributed by atoms with E-state index in [4.69, 9.17) is 4.74 Å². The first kappa shape index (κ1) is 13.7. The van der Waals surface area contributed by atoms with E-state index in [-0.39, 0.29) is 6.09 Å². The summed E-state index contributed by atoms with van der Waals surface area (Å²) in [6.07, 6.45) is 11.7. The Labute approximate surface area is 111 Å². The minimum absolute atomic E-state index is 0.217. The highest BCUT2D eigenvalue weighted by molar-refractivity contribution is 5.67. The van der Waals surface area contributed by atoms with Crippen molar-refractivity contribution in [2.24, 2.45) is 11.8 Å². The summed E-state index contributed by atoms with van der Waals surface area (Å²) >= 11 is 0. The third-order valence-electron chi connectivity index (χ3n) is 4.65. The highest BCUT2D eigenvalue weighted by Gasteiger charge is 2.33. The fraction of sp³-hybridized carbons (Fsp3) is 0.933. The SMILES string of the molecule is CCOC(=O)NC1CCCCC1C1CCCCC1. The van der Waals surface area contributed by atoms with Crippen molar-refractivity contribution in [3.8, 4) is 0 Å². The van der Waals surface area contributed by atoms with Crippen molar-refractivity contribution in [3.63, 3.8) is 0 Å². The van der Waals surface area contributed by atoms with Crippen molar-refractivity contribution in [1.82, 2.24) is 5.32 Å². The molecule has 2 rings (SSSR count). The number of ether oxygens (including phenoxy) is 1. The smallest absolute Gasteiger partial charge is 0.407 e. The fourth-order valence-corrected chi connectivity index (χ4v) is 3.79. The molecule has 0 saturated heterocycles. The Hall–Kier alpha value is -0.730. The second-order valence-electron chi connectivity index (χ2n) is 5.82. The van der Waals surface area contributed by atoms with Crippen molar-refractivity contribution >= 4 is 6.09 Å². The molecule has 2 aliphatic carbocycles. The molecule has 0 aromatic carbocycles. The first-order chi connectivity index (χ1) is 8.81. The maximum absolute atomic E-state index is 11.6. The molecule has 1 amide bonds.